The van der Waals surface area contributed by atoms with Crippen molar-refractivity contribution in [1.82, 2.24) is 14.7 Å². The Morgan fingerprint density at radius 3 is 2.39 bits per heavy atom. The largest absolute Gasteiger partial charge is 0.497 e. The van der Waals surface area contributed by atoms with Gasteiger partial charge in [-0.25, -0.2) is 9.48 Å². The van der Waals surface area contributed by atoms with E-state index in [1.54, 1.807) is 37.0 Å². The van der Waals surface area contributed by atoms with Crippen molar-refractivity contribution in [3.63, 3.8) is 0 Å². The first-order valence-electron chi connectivity index (χ1n) is 11.0. The average Bonchev–Trinajstić information content (AvgIpc) is 3.25. The smallest absolute Gasteiger partial charge is 0.341 e. The molecule has 0 radical (unpaired) electrons. The number of carbonyl (C=O) groups is 1. The molecule has 1 aliphatic rings. The van der Waals surface area contributed by atoms with Crippen molar-refractivity contribution in [2.45, 2.75) is 31.9 Å². The Morgan fingerprint density at radius 2 is 1.79 bits per heavy atom. The molecule has 4 rings (SSSR count). The molecular formula is C25H28ClN3O4. The molecule has 0 bridgehead atoms. The first-order chi connectivity index (χ1) is 15.9. The normalized spacial score (nSPS) is 15.9. The maximum Gasteiger partial charge on any atom is 0.341 e. The van der Waals surface area contributed by atoms with Gasteiger partial charge in [-0.05, 0) is 61.7 Å². The van der Waals surface area contributed by atoms with Crippen LogP contribution in [0.2, 0.25) is 5.02 Å². The van der Waals surface area contributed by atoms with Crippen molar-refractivity contribution < 1.29 is 19.4 Å². The molecule has 1 aromatic heterocycles. The third-order valence-electron chi connectivity index (χ3n) is 6.12. The van der Waals surface area contributed by atoms with Crippen molar-refractivity contribution in [3.05, 3.63) is 76.6 Å². The average molecular weight is 470 g/mol. The highest BCUT2D eigenvalue weighted by molar-refractivity contribution is 6.30. The van der Waals surface area contributed by atoms with Crippen LogP contribution >= 0.6 is 11.6 Å². The fraction of sp³-hybridized carbons (Fsp3) is 0.360. The van der Waals surface area contributed by atoms with E-state index < -0.39 is 5.60 Å². The lowest BCUT2D eigenvalue weighted by molar-refractivity contribution is -0.0281. The summed E-state index contributed by atoms with van der Waals surface area (Å²) in [6.07, 6.45) is 2.73. The highest BCUT2D eigenvalue weighted by Crippen LogP contribution is 2.34. The molecule has 0 atom stereocenters. The Bertz CT molecular complexity index is 1090. The molecule has 8 heteroatoms. The van der Waals surface area contributed by atoms with E-state index in [9.17, 15) is 9.90 Å². The first-order valence-corrected chi connectivity index (χ1v) is 11.4. The Labute approximate surface area is 198 Å². The minimum absolute atomic E-state index is 0.295. The Balaban J connectivity index is 1.55. The van der Waals surface area contributed by atoms with Gasteiger partial charge in [0.2, 0.25) is 0 Å². The van der Waals surface area contributed by atoms with Gasteiger partial charge in [0.1, 0.15) is 11.3 Å². The van der Waals surface area contributed by atoms with Gasteiger partial charge in [0.05, 0.1) is 36.9 Å². The summed E-state index contributed by atoms with van der Waals surface area (Å²) in [6, 6.07) is 14.9. The number of carbonyl (C=O) groups excluding carboxylic acids is 1. The number of likely N-dealkylation sites (tertiary alicyclic amines) is 1. The molecule has 0 saturated carbocycles. The van der Waals surface area contributed by atoms with Gasteiger partial charge in [-0.3, -0.25) is 4.90 Å². The zero-order chi connectivity index (χ0) is 23.4. The van der Waals surface area contributed by atoms with E-state index in [0.717, 1.165) is 22.7 Å². The molecular weight excluding hydrogens is 442 g/mol. The number of hydrogen-bond donors (Lipinski definition) is 1. The van der Waals surface area contributed by atoms with E-state index in [0.29, 0.717) is 49.7 Å². The molecule has 1 saturated heterocycles. The van der Waals surface area contributed by atoms with Crippen LogP contribution in [-0.2, 0) is 16.9 Å². The molecule has 1 N–H and O–H groups in total. The van der Waals surface area contributed by atoms with Gasteiger partial charge in [0.15, 0.2) is 0 Å². The van der Waals surface area contributed by atoms with E-state index in [4.69, 9.17) is 21.1 Å². The van der Waals surface area contributed by atoms with Gasteiger partial charge in [-0.1, -0.05) is 23.7 Å². The number of nitrogens with zero attached hydrogens (tertiary/aromatic N) is 3. The number of piperidine rings is 1. The van der Waals surface area contributed by atoms with Gasteiger partial charge >= 0.3 is 5.97 Å². The van der Waals surface area contributed by atoms with Crippen molar-refractivity contribution in [3.8, 4) is 11.4 Å². The quantitative estimate of drug-likeness (QED) is 0.523. The fourth-order valence-corrected chi connectivity index (χ4v) is 4.32. The van der Waals surface area contributed by atoms with E-state index in [1.165, 1.54) is 0 Å². The van der Waals surface area contributed by atoms with Gasteiger partial charge < -0.3 is 14.6 Å². The SMILES string of the molecule is CCOC(=O)c1cnn(-c2ccc(OC)cc2)c1CN1CCC(O)(c2ccc(Cl)cc2)CC1. The zero-order valence-electron chi connectivity index (χ0n) is 18.8. The van der Waals surface area contributed by atoms with Gasteiger partial charge in [-0.2, -0.15) is 5.10 Å². The summed E-state index contributed by atoms with van der Waals surface area (Å²) in [5.74, 6) is 0.359. The minimum Gasteiger partial charge on any atom is -0.497 e. The van der Waals surface area contributed by atoms with Gasteiger partial charge in [-0.15, -0.1) is 0 Å². The number of halogens is 1. The highest BCUT2D eigenvalue weighted by atomic mass is 35.5. The molecule has 1 aliphatic heterocycles. The number of aromatic nitrogens is 2. The number of rotatable bonds is 7. The second-order valence-electron chi connectivity index (χ2n) is 8.15. The van der Waals surface area contributed by atoms with E-state index >= 15 is 0 Å². The summed E-state index contributed by atoms with van der Waals surface area (Å²) in [5.41, 5.74) is 2.03. The first kappa shape index (κ1) is 23.3. The number of hydrogen-bond acceptors (Lipinski definition) is 6. The number of esters is 1. The summed E-state index contributed by atoms with van der Waals surface area (Å²) >= 11 is 6.00. The Hall–Kier alpha value is -2.87. The summed E-state index contributed by atoms with van der Waals surface area (Å²) in [7, 11) is 1.62. The molecule has 1 fully saturated rings. The van der Waals surface area contributed by atoms with Gasteiger partial charge in [0, 0.05) is 24.7 Å². The van der Waals surface area contributed by atoms with Crippen molar-refractivity contribution in [2.75, 3.05) is 26.8 Å². The van der Waals surface area contributed by atoms with E-state index in [2.05, 4.69) is 10.00 Å². The number of aliphatic hydroxyl groups is 1. The molecule has 2 heterocycles. The molecule has 0 unspecified atom stereocenters. The highest BCUT2D eigenvalue weighted by Gasteiger charge is 2.34. The fourth-order valence-electron chi connectivity index (χ4n) is 4.19. The lowest BCUT2D eigenvalue weighted by Gasteiger charge is -2.38. The van der Waals surface area contributed by atoms with Crippen LogP contribution in [0.5, 0.6) is 5.75 Å². The second-order valence-corrected chi connectivity index (χ2v) is 8.59. The van der Waals surface area contributed by atoms with Crippen LogP contribution in [-0.4, -0.2) is 52.6 Å². The summed E-state index contributed by atoms with van der Waals surface area (Å²) in [4.78, 5) is 14.8. The third-order valence-corrected chi connectivity index (χ3v) is 6.37. The standard InChI is InChI=1S/C25H28ClN3O4/c1-3-33-24(30)22-16-27-29(20-8-10-21(32-2)11-9-20)23(22)17-28-14-12-25(31,13-15-28)18-4-6-19(26)7-5-18/h4-11,16,31H,3,12-15,17H2,1-2H3. The minimum atomic E-state index is -0.888. The lowest BCUT2D eigenvalue weighted by Crippen LogP contribution is -2.42. The number of methoxy groups -OCH3 is 1. The van der Waals surface area contributed by atoms with E-state index in [-0.39, 0.29) is 5.97 Å². The van der Waals surface area contributed by atoms with Crippen LogP contribution in [0, 0.1) is 0 Å². The predicted molar refractivity (Wildman–Crippen MR) is 126 cm³/mol. The van der Waals surface area contributed by atoms with Crippen molar-refractivity contribution >= 4 is 17.6 Å². The second kappa shape index (κ2) is 9.95. The molecule has 0 amide bonds. The maximum absolute atomic E-state index is 12.6. The van der Waals surface area contributed by atoms with Crippen LogP contribution in [0.1, 0.15) is 41.4 Å². The summed E-state index contributed by atoms with van der Waals surface area (Å²) in [5, 5.41) is 16.3. The Morgan fingerprint density at radius 1 is 1.12 bits per heavy atom. The van der Waals surface area contributed by atoms with E-state index in [1.807, 2.05) is 36.4 Å². The van der Waals surface area contributed by atoms with Gasteiger partial charge in [0.25, 0.3) is 0 Å². The van der Waals surface area contributed by atoms with Crippen molar-refractivity contribution in [2.24, 2.45) is 0 Å². The topological polar surface area (TPSA) is 76.8 Å². The predicted octanol–water partition coefficient (Wildman–Crippen LogP) is 4.19. The van der Waals surface area contributed by atoms with Crippen LogP contribution in [0.3, 0.4) is 0 Å². The zero-order valence-corrected chi connectivity index (χ0v) is 19.6. The molecule has 174 valence electrons. The van der Waals surface area contributed by atoms with Crippen LogP contribution in [0.4, 0.5) is 0 Å². The summed E-state index contributed by atoms with van der Waals surface area (Å²) < 4.78 is 12.3. The maximum atomic E-state index is 12.6. The molecule has 0 aliphatic carbocycles. The number of ether oxygens (including phenoxy) is 2. The molecule has 2 aromatic carbocycles. The van der Waals surface area contributed by atoms with Crippen LogP contribution < -0.4 is 4.74 Å². The molecule has 33 heavy (non-hydrogen) atoms. The number of benzene rings is 2. The lowest BCUT2D eigenvalue weighted by atomic mass is 9.84. The molecule has 0 spiro atoms. The van der Waals surface area contributed by atoms with Crippen LogP contribution in [0.15, 0.2) is 54.7 Å². The Kier molecular flexibility index (Phi) is 7.02. The van der Waals surface area contributed by atoms with Crippen LogP contribution in [0.25, 0.3) is 5.69 Å². The summed E-state index contributed by atoms with van der Waals surface area (Å²) in [6.45, 7) is 3.94. The monoisotopic (exact) mass is 469 g/mol. The molecule has 7 nitrogen and oxygen atoms in total. The third kappa shape index (κ3) is 5.05. The van der Waals surface area contributed by atoms with Crippen molar-refractivity contribution in [1.29, 1.82) is 0 Å². The molecule has 3 aromatic rings.